The van der Waals surface area contributed by atoms with Crippen molar-refractivity contribution in [1.82, 2.24) is 4.57 Å². The summed E-state index contributed by atoms with van der Waals surface area (Å²) in [5.74, 6) is -1.24. The Bertz CT molecular complexity index is 1240. The van der Waals surface area contributed by atoms with E-state index in [9.17, 15) is 14.7 Å². The van der Waals surface area contributed by atoms with Crippen molar-refractivity contribution in [1.29, 1.82) is 0 Å². The number of anilines is 1. The third-order valence-corrected chi connectivity index (χ3v) is 5.84. The summed E-state index contributed by atoms with van der Waals surface area (Å²) in [6.07, 6.45) is 1.95. The molecule has 4 rings (SSSR count). The van der Waals surface area contributed by atoms with Gasteiger partial charge in [0.1, 0.15) is 0 Å². The molecule has 1 aliphatic heterocycles. The smallest absolute Gasteiger partial charge is 0.294 e. The molecule has 0 aliphatic carbocycles. The zero-order chi connectivity index (χ0) is 22.7. The first-order chi connectivity index (χ1) is 14.5. The van der Waals surface area contributed by atoms with Gasteiger partial charge in [-0.15, -0.1) is 0 Å². The number of para-hydroxylation sites is 1. The lowest BCUT2D eigenvalue weighted by molar-refractivity contribution is -0.123. The largest absolute Gasteiger partial charge is 0.503 e. The quantitative estimate of drug-likeness (QED) is 0.629. The van der Waals surface area contributed by atoms with E-state index in [1.165, 1.54) is 0 Å². The summed E-state index contributed by atoms with van der Waals surface area (Å²) in [5, 5.41) is 11.9. The summed E-state index contributed by atoms with van der Waals surface area (Å²) in [6.45, 7) is 9.36. The number of hydrogen-bond acceptors (Lipinski definition) is 3. The maximum absolute atomic E-state index is 13.5. The average Bonchev–Trinajstić information content (AvgIpc) is 3.14. The minimum atomic E-state index is -0.745. The zero-order valence-corrected chi connectivity index (χ0v) is 18.9. The summed E-state index contributed by atoms with van der Waals surface area (Å²) < 4.78 is 1.99. The molecule has 1 unspecified atom stereocenters. The molecule has 0 saturated carbocycles. The fraction of sp³-hybridized carbons (Fsp3) is 0.308. The van der Waals surface area contributed by atoms with Crippen molar-refractivity contribution >= 4 is 28.3 Å². The lowest BCUT2D eigenvalue weighted by atomic mass is 9.82. The van der Waals surface area contributed by atoms with Crippen molar-refractivity contribution in [2.75, 3.05) is 4.90 Å². The first kappa shape index (κ1) is 20.9. The predicted octanol–water partition coefficient (Wildman–Crippen LogP) is 5.31. The Hall–Kier alpha value is -3.34. The van der Waals surface area contributed by atoms with E-state index in [0.717, 1.165) is 27.6 Å². The molecule has 160 valence electrons. The molecule has 31 heavy (non-hydrogen) atoms. The number of hydrogen-bond donors (Lipinski definition) is 1. The number of nitrogens with zero attached hydrogens (tertiary/aromatic N) is 2. The van der Waals surface area contributed by atoms with Crippen molar-refractivity contribution in [3.63, 3.8) is 0 Å². The molecule has 1 N–H and O–H groups in total. The number of ketones is 1. The van der Waals surface area contributed by atoms with Crippen LogP contribution in [0.3, 0.4) is 0 Å². The third-order valence-electron chi connectivity index (χ3n) is 5.84. The van der Waals surface area contributed by atoms with Crippen LogP contribution in [0, 0.1) is 19.3 Å². The SMILES string of the molecule is Cc1cc(C)cc(N2C(=O)C(O)=C(C(=O)C(C)(C)C)C2c2cn(C)c3ccccc23)c1. The molecule has 0 radical (unpaired) electrons. The minimum Gasteiger partial charge on any atom is -0.503 e. The highest BCUT2D eigenvalue weighted by molar-refractivity contribution is 6.18. The number of Topliss-reactive ketones (excluding diaryl/α,β-unsaturated/α-hetero) is 1. The normalized spacial score (nSPS) is 17.2. The number of carbonyl (C=O) groups is 2. The second-order valence-electron chi connectivity index (χ2n) is 9.48. The highest BCUT2D eigenvalue weighted by Crippen LogP contribution is 2.45. The number of benzene rings is 2. The van der Waals surface area contributed by atoms with Crippen molar-refractivity contribution in [2.45, 2.75) is 40.7 Å². The molecule has 0 saturated heterocycles. The molecular formula is C26H28N2O3. The lowest BCUT2D eigenvalue weighted by Crippen LogP contribution is -2.32. The van der Waals surface area contributed by atoms with Crippen molar-refractivity contribution in [3.8, 4) is 0 Å². The van der Waals surface area contributed by atoms with Crippen LogP contribution in [0.15, 0.2) is 60.0 Å². The number of carbonyl (C=O) groups excluding carboxylic acids is 2. The average molecular weight is 417 g/mol. The van der Waals surface area contributed by atoms with E-state index in [1.54, 1.807) is 25.7 Å². The van der Waals surface area contributed by atoms with E-state index in [4.69, 9.17) is 0 Å². The van der Waals surface area contributed by atoms with E-state index >= 15 is 0 Å². The third kappa shape index (κ3) is 3.34. The van der Waals surface area contributed by atoms with Crippen LogP contribution >= 0.6 is 0 Å². The molecule has 3 aromatic rings. The van der Waals surface area contributed by atoms with Gasteiger partial charge in [0.05, 0.1) is 11.6 Å². The van der Waals surface area contributed by atoms with Crippen molar-refractivity contribution < 1.29 is 14.7 Å². The van der Waals surface area contributed by atoms with Crippen LogP contribution < -0.4 is 4.90 Å². The van der Waals surface area contributed by atoms with Crippen LogP contribution in [0.5, 0.6) is 0 Å². The van der Waals surface area contributed by atoms with Crippen LogP contribution in [0.2, 0.25) is 0 Å². The van der Waals surface area contributed by atoms with Crippen molar-refractivity contribution in [3.05, 3.63) is 76.7 Å². The van der Waals surface area contributed by atoms with Crippen molar-refractivity contribution in [2.24, 2.45) is 12.5 Å². The van der Waals surface area contributed by atoms with Gasteiger partial charge in [-0.05, 0) is 43.2 Å². The Balaban J connectivity index is 2.02. The molecular weight excluding hydrogens is 388 g/mol. The Morgan fingerprint density at radius 1 is 1.03 bits per heavy atom. The molecule has 1 aliphatic rings. The van der Waals surface area contributed by atoms with E-state index in [0.29, 0.717) is 5.69 Å². The number of aliphatic hydroxyl groups excluding tert-OH is 1. The first-order valence-electron chi connectivity index (χ1n) is 10.4. The van der Waals surface area contributed by atoms with E-state index in [1.807, 2.05) is 74.1 Å². The van der Waals surface area contributed by atoms with Gasteiger partial charge in [0.25, 0.3) is 5.91 Å². The topological polar surface area (TPSA) is 62.5 Å². The van der Waals surface area contributed by atoms with Gasteiger partial charge < -0.3 is 9.67 Å². The van der Waals surface area contributed by atoms with Gasteiger partial charge in [-0.1, -0.05) is 45.0 Å². The van der Waals surface area contributed by atoms with E-state index < -0.39 is 23.1 Å². The molecule has 2 heterocycles. The monoisotopic (exact) mass is 416 g/mol. The summed E-state index contributed by atoms with van der Waals surface area (Å²) in [4.78, 5) is 28.4. The summed E-state index contributed by atoms with van der Waals surface area (Å²) >= 11 is 0. The molecule has 5 heteroatoms. The summed E-state index contributed by atoms with van der Waals surface area (Å²) in [6, 6.07) is 13.1. The van der Waals surface area contributed by atoms with Gasteiger partial charge in [0.2, 0.25) is 0 Å². The fourth-order valence-electron chi connectivity index (χ4n) is 4.48. The van der Waals surface area contributed by atoms with Gasteiger partial charge in [-0.3, -0.25) is 14.5 Å². The van der Waals surface area contributed by atoms with Crippen LogP contribution in [-0.4, -0.2) is 21.4 Å². The molecule has 1 atom stereocenters. The van der Waals surface area contributed by atoms with E-state index in [2.05, 4.69) is 0 Å². The van der Waals surface area contributed by atoms with Crippen LogP contribution in [0.25, 0.3) is 10.9 Å². The van der Waals surface area contributed by atoms with Gasteiger partial charge in [-0.25, -0.2) is 0 Å². The Morgan fingerprint density at radius 3 is 2.26 bits per heavy atom. The molecule has 1 aromatic heterocycles. The number of aromatic nitrogens is 1. The molecule has 2 aromatic carbocycles. The Kier molecular flexibility index (Phi) is 4.80. The Morgan fingerprint density at radius 2 is 1.65 bits per heavy atom. The van der Waals surface area contributed by atoms with Crippen LogP contribution in [-0.2, 0) is 16.6 Å². The molecule has 1 amide bonds. The number of amides is 1. The second-order valence-corrected chi connectivity index (χ2v) is 9.48. The first-order valence-corrected chi connectivity index (χ1v) is 10.4. The lowest BCUT2D eigenvalue weighted by Gasteiger charge is -2.29. The summed E-state index contributed by atoms with van der Waals surface area (Å²) in [5.41, 5.74) is 3.92. The molecule has 0 fully saturated rings. The highest BCUT2D eigenvalue weighted by Gasteiger charge is 2.47. The summed E-state index contributed by atoms with van der Waals surface area (Å²) in [7, 11) is 1.94. The molecule has 0 spiro atoms. The fourth-order valence-corrected chi connectivity index (χ4v) is 4.48. The minimum absolute atomic E-state index is 0.160. The molecule has 0 bridgehead atoms. The van der Waals surface area contributed by atoms with E-state index in [-0.39, 0.29) is 11.4 Å². The standard InChI is InChI=1S/C26H28N2O3/c1-15-11-16(2)13-17(12-15)28-22(19-14-27(6)20-10-8-7-9-18(19)20)21(23(29)25(28)31)24(30)26(3,4)5/h7-14,22,29H,1-6H3. The number of rotatable bonds is 3. The second kappa shape index (κ2) is 7.12. The maximum Gasteiger partial charge on any atom is 0.294 e. The van der Waals surface area contributed by atoms with Gasteiger partial charge in [0.15, 0.2) is 11.5 Å². The molecule has 5 nitrogen and oxygen atoms in total. The van der Waals surface area contributed by atoms with Crippen LogP contribution in [0.4, 0.5) is 5.69 Å². The predicted molar refractivity (Wildman–Crippen MR) is 123 cm³/mol. The van der Waals surface area contributed by atoms with Gasteiger partial charge in [0, 0.05) is 40.8 Å². The number of aryl methyl sites for hydroxylation is 3. The van der Waals surface area contributed by atoms with Gasteiger partial charge >= 0.3 is 0 Å². The maximum atomic E-state index is 13.5. The highest BCUT2D eigenvalue weighted by atomic mass is 16.3. The Labute approximate surface area is 182 Å². The number of aliphatic hydroxyl groups is 1. The number of fused-ring (bicyclic) bond motifs is 1. The van der Waals surface area contributed by atoms with Gasteiger partial charge in [-0.2, -0.15) is 0 Å². The van der Waals surface area contributed by atoms with Crippen LogP contribution in [0.1, 0.15) is 43.5 Å². The zero-order valence-electron chi connectivity index (χ0n) is 18.9.